The second kappa shape index (κ2) is 5.51. The van der Waals surface area contributed by atoms with Gasteiger partial charge in [0, 0.05) is 20.1 Å². The lowest BCUT2D eigenvalue weighted by Crippen LogP contribution is -2.47. The molecule has 0 unspecified atom stereocenters. The summed E-state index contributed by atoms with van der Waals surface area (Å²) in [5.41, 5.74) is 0. The highest BCUT2D eigenvalue weighted by atomic mass is 16.4. The maximum Gasteiger partial charge on any atom is 0.326 e. The molecule has 17 heavy (non-hydrogen) atoms. The van der Waals surface area contributed by atoms with E-state index in [0.29, 0.717) is 19.4 Å². The maximum atomic E-state index is 11.9. The maximum absolute atomic E-state index is 11.9. The number of carbonyl (C=O) groups excluding carboxylic acids is 1. The Balaban J connectivity index is 2.56. The topological polar surface area (TPSA) is 98.2 Å². The van der Waals surface area contributed by atoms with E-state index in [0.717, 1.165) is 0 Å². The molecule has 0 saturated carbocycles. The van der Waals surface area contributed by atoms with E-state index in [1.165, 1.54) is 16.8 Å². The van der Waals surface area contributed by atoms with E-state index in [4.69, 9.17) is 10.2 Å². The molecule has 0 aromatic heterocycles. The van der Waals surface area contributed by atoms with E-state index >= 15 is 0 Å². The van der Waals surface area contributed by atoms with Crippen molar-refractivity contribution in [2.75, 3.05) is 20.1 Å². The Morgan fingerprint density at radius 1 is 1.35 bits per heavy atom. The zero-order chi connectivity index (χ0) is 13.0. The predicted molar refractivity (Wildman–Crippen MR) is 57.6 cm³/mol. The van der Waals surface area contributed by atoms with E-state index in [1.54, 1.807) is 0 Å². The van der Waals surface area contributed by atoms with E-state index in [1.807, 2.05) is 0 Å². The van der Waals surface area contributed by atoms with Crippen LogP contribution in [0.15, 0.2) is 0 Å². The summed E-state index contributed by atoms with van der Waals surface area (Å²) in [4.78, 5) is 35.7. The number of urea groups is 1. The summed E-state index contributed by atoms with van der Waals surface area (Å²) in [7, 11) is 1.47. The SMILES string of the molecule is CN(CCC(=O)O)C(=O)N1CCC[C@H]1C(=O)O. The van der Waals surface area contributed by atoms with Crippen LogP contribution >= 0.6 is 0 Å². The average molecular weight is 244 g/mol. The minimum atomic E-state index is -1.01. The van der Waals surface area contributed by atoms with Crippen LogP contribution in [0.3, 0.4) is 0 Å². The van der Waals surface area contributed by atoms with E-state index in [9.17, 15) is 14.4 Å². The van der Waals surface area contributed by atoms with Gasteiger partial charge in [0.1, 0.15) is 6.04 Å². The van der Waals surface area contributed by atoms with Gasteiger partial charge in [-0.1, -0.05) is 0 Å². The Hall–Kier alpha value is -1.79. The van der Waals surface area contributed by atoms with Gasteiger partial charge in [0.2, 0.25) is 0 Å². The molecular weight excluding hydrogens is 228 g/mol. The molecular formula is C10H16N2O5. The number of hydrogen-bond acceptors (Lipinski definition) is 3. The number of nitrogens with zero attached hydrogens (tertiary/aromatic N) is 2. The molecule has 0 bridgehead atoms. The number of carbonyl (C=O) groups is 3. The fourth-order valence-electron chi connectivity index (χ4n) is 1.83. The largest absolute Gasteiger partial charge is 0.481 e. The smallest absolute Gasteiger partial charge is 0.326 e. The lowest BCUT2D eigenvalue weighted by molar-refractivity contribution is -0.141. The average Bonchev–Trinajstić information content (AvgIpc) is 2.73. The number of hydrogen-bond donors (Lipinski definition) is 2. The van der Waals surface area contributed by atoms with Crippen LogP contribution < -0.4 is 0 Å². The highest BCUT2D eigenvalue weighted by Crippen LogP contribution is 2.18. The number of carboxylic acids is 2. The molecule has 1 rings (SSSR count). The molecule has 1 aliphatic heterocycles. The van der Waals surface area contributed by atoms with Crippen molar-refractivity contribution in [2.45, 2.75) is 25.3 Å². The minimum absolute atomic E-state index is 0.0804. The van der Waals surface area contributed by atoms with Crippen molar-refractivity contribution in [2.24, 2.45) is 0 Å². The van der Waals surface area contributed by atoms with Gasteiger partial charge in [0.05, 0.1) is 6.42 Å². The van der Waals surface area contributed by atoms with Gasteiger partial charge in [-0.05, 0) is 12.8 Å². The lowest BCUT2D eigenvalue weighted by atomic mass is 10.2. The van der Waals surface area contributed by atoms with Crippen molar-refractivity contribution in [3.8, 4) is 0 Å². The van der Waals surface area contributed by atoms with Crippen molar-refractivity contribution >= 4 is 18.0 Å². The van der Waals surface area contributed by atoms with Gasteiger partial charge in [-0.25, -0.2) is 9.59 Å². The number of carboxylic acid groups (broad SMARTS) is 2. The Morgan fingerprint density at radius 3 is 2.53 bits per heavy atom. The second-order valence-corrected chi connectivity index (χ2v) is 4.04. The molecule has 0 aromatic rings. The molecule has 96 valence electrons. The molecule has 1 heterocycles. The predicted octanol–water partition coefficient (Wildman–Crippen LogP) is 0.0619. The molecule has 1 aliphatic rings. The summed E-state index contributed by atoms with van der Waals surface area (Å²) in [5.74, 6) is -2.00. The molecule has 2 N–H and O–H groups in total. The summed E-state index contributed by atoms with van der Waals surface area (Å²) in [6.45, 7) is 0.490. The summed E-state index contributed by atoms with van der Waals surface area (Å²) in [6, 6.07) is -1.20. The molecule has 0 spiro atoms. The van der Waals surface area contributed by atoms with Crippen LogP contribution in [-0.4, -0.2) is 64.2 Å². The van der Waals surface area contributed by atoms with Gasteiger partial charge in [-0.2, -0.15) is 0 Å². The van der Waals surface area contributed by atoms with E-state index < -0.39 is 24.0 Å². The summed E-state index contributed by atoms with van der Waals surface area (Å²) in [5, 5.41) is 17.4. The Morgan fingerprint density at radius 2 is 2.00 bits per heavy atom. The van der Waals surface area contributed by atoms with Crippen molar-refractivity contribution in [3.63, 3.8) is 0 Å². The van der Waals surface area contributed by atoms with Gasteiger partial charge >= 0.3 is 18.0 Å². The zero-order valence-electron chi connectivity index (χ0n) is 9.63. The normalized spacial score (nSPS) is 19.1. The van der Waals surface area contributed by atoms with E-state index in [-0.39, 0.29) is 13.0 Å². The van der Waals surface area contributed by atoms with Crippen LogP contribution in [0.4, 0.5) is 4.79 Å². The number of aliphatic carboxylic acids is 2. The fraction of sp³-hybridized carbons (Fsp3) is 0.700. The first-order chi connectivity index (χ1) is 7.93. The molecule has 0 aliphatic carbocycles. The molecule has 1 fully saturated rings. The van der Waals surface area contributed by atoms with Gasteiger partial charge < -0.3 is 20.0 Å². The van der Waals surface area contributed by atoms with Crippen LogP contribution in [0.5, 0.6) is 0 Å². The van der Waals surface area contributed by atoms with Gasteiger partial charge in [-0.3, -0.25) is 4.79 Å². The molecule has 7 heteroatoms. The van der Waals surface area contributed by atoms with Crippen molar-refractivity contribution in [1.82, 2.24) is 9.80 Å². The molecule has 7 nitrogen and oxygen atoms in total. The summed E-state index contributed by atoms with van der Waals surface area (Å²) >= 11 is 0. The third-order valence-corrected chi connectivity index (χ3v) is 2.77. The third-order valence-electron chi connectivity index (χ3n) is 2.77. The highest BCUT2D eigenvalue weighted by Gasteiger charge is 2.35. The van der Waals surface area contributed by atoms with Crippen LogP contribution in [-0.2, 0) is 9.59 Å². The monoisotopic (exact) mass is 244 g/mol. The quantitative estimate of drug-likeness (QED) is 0.728. The Bertz CT molecular complexity index is 331. The first kappa shape index (κ1) is 13.3. The van der Waals surface area contributed by atoms with Gasteiger partial charge in [0.25, 0.3) is 0 Å². The van der Waals surface area contributed by atoms with Crippen molar-refractivity contribution in [3.05, 3.63) is 0 Å². The van der Waals surface area contributed by atoms with Crippen molar-refractivity contribution < 1.29 is 24.6 Å². The zero-order valence-corrected chi connectivity index (χ0v) is 9.63. The third kappa shape index (κ3) is 3.33. The standard InChI is InChI=1S/C10H16N2O5/c1-11(6-4-8(13)14)10(17)12-5-2-3-7(12)9(15)16/h7H,2-6H2,1H3,(H,13,14)(H,15,16)/t7-/m0/s1. The van der Waals surface area contributed by atoms with Gasteiger partial charge in [0.15, 0.2) is 0 Å². The Kier molecular flexibility index (Phi) is 4.30. The first-order valence-electron chi connectivity index (χ1n) is 5.40. The fourth-order valence-corrected chi connectivity index (χ4v) is 1.83. The van der Waals surface area contributed by atoms with Crippen LogP contribution in [0.25, 0.3) is 0 Å². The van der Waals surface area contributed by atoms with Crippen molar-refractivity contribution in [1.29, 1.82) is 0 Å². The molecule has 2 amide bonds. The van der Waals surface area contributed by atoms with E-state index in [2.05, 4.69) is 0 Å². The summed E-state index contributed by atoms with van der Waals surface area (Å²) < 4.78 is 0. The highest BCUT2D eigenvalue weighted by molar-refractivity contribution is 5.83. The first-order valence-corrected chi connectivity index (χ1v) is 5.40. The van der Waals surface area contributed by atoms with Crippen LogP contribution in [0.1, 0.15) is 19.3 Å². The lowest BCUT2D eigenvalue weighted by Gasteiger charge is -2.27. The van der Waals surface area contributed by atoms with Crippen LogP contribution in [0, 0.1) is 0 Å². The van der Waals surface area contributed by atoms with Gasteiger partial charge in [-0.15, -0.1) is 0 Å². The second-order valence-electron chi connectivity index (χ2n) is 4.04. The summed E-state index contributed by atoms with van der Waals surface area (Å²) in [6.07, 6.45) is 0.969. The molecule has 1 saturated heterocycles. The Labute approximate surface area is 98.6 Å². The number of amides is 2. The number of rotatable bonds is 4. The minimum Gasteiger partial charge on any atom is -0.481 e. The number of likely N-dealkylation sites (tertiary alicyclic amines) is 1. The molecule has 0 radical (unpaired) electrons. The van der Waals surface area contributed by atoms with Crippen LogP contribution in [0.2, 0.25) is 0 Å². The molecule has 1 atom stereocenters. The molecule has 0 aromatic carbocycles.